The Morgan fingerprint density at radius 3 is 0.833 bits per heavy atom. The van der Waals surface area contributed by atoms with Crippen molar-refractivity contribution in [3.63, 3.8) is 0 Å². The maximum atomic E-state index is 4.11. The number of hydrogen-bond acceptors (Lipinski definition) is 2. The monoisotopic (exact) mass is 508 g/mol. The fourth-order valence-corrected chi connectivity index (χ4v) is 11.5. The second-order valence-electron chi connectivity index (χ2n) is 9.27. The topological polar surface area (TPSA) is 24.1 Å². The van der Waals surface area contributed by atoms with E-state index in [0.717, 1.165) is 0 Å². The molecule has 0 unspecified atom stereocenters. The molecule has 0 aromatic carbocycles. The van der Waals surface area contributed by atoms with Crippen molar-refractivity contribution < 1.29 is 0 Å². The predicted molar refractivity (Wildman–Crippen MR) is 120 cm³/mol. The molecule has 0 radical (unpaired) electrons. The average molecular weight is 506 g/mol. The van der Waals surface area contributed by atoms with Crippen LogP contribution < -0.4 is 10.2 Å². The molecule has 0 atom stereocenters. The zero-order valence-corrected chi connectivity index (χ0v) is 23.2. The summed E-state index contributed by atoms with van der Waals surface area (Å²) in [7, 11) is 0. The van der Waals surface area contributed by atoms with E-state index in [4.69, 9.17) is 0 Å². The first kappa shape index (κ1) is 25.8. The summed E-state index contributed by atoms with van der Waals surface area (Å²) in [5, 5.41) is 8.21. The fourth-order valence-electron chi connectivity index (χ4n) is 2.86. The standard InChI is InChI=1S/C18H42N2P2Se2/c1-13(2)21(23,14(3)4)19-17(9,10)18(11,12)20-22(24,15(5)6)16(7)8/h13-16H,1-12H3,(H,19,23)(H,20,24). The molecule has 0 aromatic heterocycles. The van der Waals surface area contributed by atoms with Gasteiger partial charge in [0.2, 0.25) is 0 Å². The van der Waals surface area contributed by atoms with Crippen LogP contribution in [0.1, 0.15) is 83.1 Å². The summed E-state index contributed by atoms with van der Waals surface area (Å²) in [6, 6.07) is 0. The first-order chi connectivity index (χ1) is 10.4. The van der Waals surface area contributed by atoms with Crippen LogP contribution in [0.4, 0.5) is 0 Å². The van der Waals surface area contributed by atoms with E-state index >= 15 is 0 Å². The Balaban J connectivity index is 5.76. The van der Waals surface area contributed by atoms with Crippen molar-refractivity contribution in [2.24, 2.45) is 0 Å². The van der Waals surface area contributed by atoms with Crippen LogP contribution in [0.2, 0.25) is 0 Å². The molecule has 0 spiro atoms. The molecule has 6 heteroatoms. The molecule has 0 aliphatic rings. The Morgan fingerprint density at radius 1 is 0.542 bits per heavy atom. The van der Waals surface area contributed by atoms with Gasteiger partial charge in [0.25, 0.3) is 0 Å². The van der Waals surface area contributed by atoms with Gasteiger partial charge in [0.05, 0.1) is 0 Å². The van der Waals surface area contributed by atoms with E-state index in [9.17, 15) is 0 Å². The molecule has 0 aliphatic heterocycles. The number of hydrogen-bond donors (Lipinski definition) is 2. The summed E-state index contributed by atoms with van der Waals surface area (Å²) in [5.41, 5.74) is -0.204. The third-order valence-electron chi connectivity index (χ3n) is 5.54. The van der Waals surface area contributed by atoms with E-state index in [-0.39, 0.29) is 11.1 Å². The summed E-state index contributed by atoms with van der Waals surface area (Å²) in [4.78, 5) is 0. The molecule has 0 saturated carbocycles. The molecule has 0 fully saturated rings. The van der Waals surface area contributed by atoms with Crippen LogP contribution in [0, 0.1) is 0 Å². The normalized spacial score (nSPS) is 15.2. The van der Waals surface area contributed by atoms with Gasteiger partial charge in [-0.2, -0.15) is 0 Å². The van der Waals surface area contributed by atoms with E-state index in [0.29, 0.717) is 22.6 Å². The van der Waals surface area contributed by atoms with Crippen LogP contribution in [0.25, 0.3) is 0 Å². The van der Waals surface area contributed by atoms with Gasteiger partial charge in [0, 0.05) is 0 Å². The average Bonchev–Trinajstić information content (AvgIpc) is 2.36. The van der Waals surface area contributed by atoms with E-state index in [1.165, 1.54) is 0 Å². The minimum atomic E-state index is -1.36. The molecular formula is C18H42N2P2Se2. The van der Waals surface area contributed by atoms with Crippen LogP contribution in [-0.4, -0.2) is 63.9 Å². The zero-order chi connectivity index (χ0) is 19.7. The van der Waals surface area contributed by atoms with Crippen LogP contribution in [0.15, 0.2) is 0 Å². The quantitative estimate of drug-likeness (QED) is 0.324. The molecule has 0 bridgehead atoms. The summed E-state index contributed by atoms with van der Waals surface area (Å²) in [5.74, 6) is 0. The zero-order valence-electron chi connectivity index (χ0n) is 18.0. The molecule has 24 heavy (non-hydrogen) atoms. The van der Waals surface area contributed by atoms with Gasteiger partial charge in [-0.25, -0.2) is 0 Å². The van der Waals surface area contributed by atoms with Gasteiger partial charge in [0.15, 0.2) is 0 Å². The Morgan fingerprint density at radius 2 is 0.708 bits per heavy atom. The van der Waals surface area contributed by atoms with Gasteiger partial charge in [0.1, 0.15) is 0 Å². The molecule has 2 N–H and O–H groups in total. The van der Waals surface area contributed by atoms with Gasteiger partial charge < -0.3 is 0 Å². The Bertz CT molecular complexity index is 439. The van der Waals surface area contributed by atoms with Crippen molar-refractivity contribution in [1.82, 2.24) is 10.2 Å². The SMILES string of the molecule is CC(C)P(=[Se])(NC(C)(C)C(C)(C)NP(=[Se])(C(C)C)C(C)C)C(C)C. The first-order valence-electron chi connectivity index (χ1n) is 9.21. The molecule has 146 valence electrons. The molecule has 0 amide bonds. The summed E-state index contributed by atoms with van der Waals surface area (Å²) in [6.45, 7) is 28.2. The van der Waals surface area contributed by atoms with E-state index in [1.54, 1.807) is 0 Å². The molecule has 0 heterocycles. The third kappa shape index (κ3) is 5.66. The van der Waals surface area contributed by atoms with Gasteiger partial charge in [-0.05, 0) is 0 Å². The van der Waals surface area contributed by atoms with Gasteiger partial charge in [-0.15, -0.1) is 0 Å². The Hall–Kier alpha value is 1.82. The van der Waals surface area contributed by atoms with Crippen LogP contribution >= 0.6 is 11.3 Å². The van der Waals surface area contributed by atoms with Crippen molar-refractivity contribution in [1.29, 1.82) is 0 Å². The van der Waals surface area contributed by atoms with Crippen molar-refractivity contribution in [3.8, 4) is 0 Å². The Kier molecular flexibility index (Phi) is 9.55. The maximum absolute atomic E-state index is 4.11. The second kappa shape index (κ2) is 8.88. The first-order valence-corrected chi connectivity index (χ1v) is 17.5. The van der Waals surface area contributed by atoms with E-state index < -0.39 is 11.3 Å². The molecule has 0 aromatic rings. The molecule has 0 saturated heterocycles. The molecule has 2 nitrogen and oxygen atoms in total. The van der Waals surface area contributed by atoms with Crippen molar-refractivity contribution in [2.45, 2.75) is 117 Å². The number of nitrogens with one attached hydrogen (secondary N) is 2. The van der Waals surface area contributed by atoms with Gasteiger partial charge >= 0.3 is 168 Å². The number of rotatable bonds is 9. The van der Waals surface area contributed by atoms with Gasteiger partial charge in [-0.3, -0.25) is 0 Å². The van der Waals surface area contributed by atoms with Gasteiger partial charge in [-0.1, -0.05) is 0 Å². The summed E-state index contributed by atoms with van der Waals surface area (Å²) in [6.07, 6.45) is 0. The fraction of sp³-hybridized carbons (Fsp3) is 1.00. The summed E-state index contributed by atoms with van der Waals surface area (Å²) < 4.78 is 0. The van der Waals surface area contributed by atoms with Crippen LogP contribution in [0.3, 0.4) is 0 Å². The second-order valence-corrected chi connectivity index (χ2v) is 24.3. The van der Waals surface area contributed by atoms with E-state index in [2.05, 4.69) is 123 Å². The van der Waals surface area contributed by atoms with Crippen LogP contribution in [0.5, 0.6) is 0 Å². The van der Waals surface area contributed by atoms with Crippen molar-refractivity contribution >= 4 is 41.5 Å². The third-order valence-corrected chi connectivity index (χ3v) is 25.3. The summed E-state index contributed by atoms with van der Waals surface area (Å²) >= 11 is 7.20. The minimum absolute atomic E-state index is 0.0144. The van der Waals surface area contributed by atoms with Crippen LogP contribution in [-0.2, 0) is 0 Å². The molecular weight excluding hydrogens is 464 g/mol. The predicted octanol–water partition coefficient (Wildman–Crippen LogP) is 5.39. The molecule has 0 aliphatic carbocycles. The van der Waals surface area contributed by atoms with E-state index in [1.807, 2.05) is 0 Å². The Labute approximate surface area is 168 Å². The molecule has 0 rings (SSSR count). The van der Waals surface area contributed by atoms with Crippen molar-refractivity contribution in [2.75, 3.05) is 0 Å². The van der Waals surface area contributed by atoms with Crippen molar-refractivity contribution in [3.05, 3.63) is 0 Å².